The predicted molar refractivity (Wildman–Crippen MR) is 252 cm³/mol. The second-order valence-electron chi connectivity index (χ2n) is 16.0. The van der Waals surface area contributed by atoms with E-state index in [1.54, 1.807) is 0 Å². The molecule has 2 aliphatic rings. The van der Waals surface area contributed by atoms with E-state index in [4.69, 9.17) is 9.97 Å². The number of rotatable bonds is 4. The topological polar surface area (TPSA) is 30.7 Å². The van der Waals surface area contributed by atoms with E-state index in [0.29, 0.717) is 0 Å². The Kier molecular flexibility index (Phi) is 7.45. The van der Waals surface area contributed by atoms with Crippen molar-refractivity contribution in [3.05, 3.63) is 235 Å². The summed E-state index contributed by atoms with van der Waals surface area (Å²) in [4.78, 5) is 13.2. The van der Waals surface area contributed by atoms with Gasteiger partial charge in [-0.1, -0.05) is 188 Å². The van der Waals surface area contributed by atoms with Gasteiger partial charge in [0.05, 0.1) is 27.7 Å². The number of fused-ring (bicyclic) bond motifs is 14. The van der Waals surface area contributed by atoms with Crippen LogP contribution >= 0.6 is 11.8 Å². The fourth-order valence-electron chi connectivity index (χ4n) is 10.3. The van der Waals surface area contributed by atoms with E-state index in [-0.39, 0.29) is 0 Å². The summed E-state index contributed by atoms with van der Waals surface area (Å²) in [6.07, 6.45) is 0. The summed E-state index contributed by atoms with van der Waals surface area (Å²) in [7, 11) is 0. The third kappa shape index (κ3) is 4.94. The van der Waals surface area contributed by atoms with Gasteiger partial charge in [-0.15, -0.1) is 0 Å². The molecular weight excluding hydrogens is 759 g/mol. The van der Waals surface area contributed by atoms with Gasteiger partial charge in [0, 0.05) is 42.8 Å². The Morgan fingerprint density at radius 1 is 0.410 bits per heavy atom. The first-order chi connectivity index (χ1) is 30.3. The molecule has 0 unspecified atom stereocenters. The molecule has 3 nitrogen and oxygen atoms in total. The summed E-state index contributed by atoms with van der Waals surface area (Å²) in [6.45, 7) is 0. The maximum atomic E-state index is 5.53. The quantitative estimate of drug-likeness (QED) is 0.166. The third-order valence-corrected chi connectivity index (χ3v) is 14.1. The molecule has 0 saturated carbocycles. The Balaban J connectivity index is 1.03. The molecule has 0 saturated heterocycles. The van der Waals surface area contributed by atoms with Gasteiger partial charge in [-0.3, -0.25) is 4.57 Å². The molecule has 13 rings (SSSR count). The summed E-state index contributed by atoms with van der Waals surface area (Å²) < 4.78 is 2.25. The van der Waals surface area contributed by atoms with Crippen LogP contribution in [-0.4, -0.2) is 14.5 Å². The number of para-hydroxylation sites is 3. The van der Waals surface area contributed by atoms with Crippen molar-refractivity contribution in [3.8, 4) is 50.6 Å². The second-order valence-corrected chi connectivity index (χ2v) is 17.1. The van der Waals surface area contributed by atoms with E-state index in [0.717, 1.165) is 66.8 Å². The van der Waals surface area contributed by atoms with Crippen LogP contribution in [0, 0.1) is 0 Å². The molecule has 0 fully saturated rings. The first kappa shape index (κ1) is 34.3. The molecule has 2 aromatic heterocycles. The zero-order chi connectivity index (χ0) is 40.1. The SMILES string of the molecule is c1ccc(-c2nc3cc(-c4ccc(-c5nc6ccccc6n5-c5ccccc5)cc4)ccc3c3c4c(ccc23)C2(c3ccccc3S4)c3ccccc3-c3ccccc32)cc1. The van der Waals surface area contributed by atoms with Gasteiger partial charge in [0.1, 0.15) is 5.82 Å². The molecule has 1 aliphatic heterocycles. The van der Waals surface area contributed by atoms with Crippen molar-refractivity contribution in [3.63, 3.8) is 0 Å². The molecule has 0 atom stereocenters. The van der Waals surface area contributed by atoms with Gasteiger partial charge in [-0.25, -0.2) is 9.97 Å². The average Bonchev–Trinajstić information content (AvgIpc) is 3.86. The Morgan fingerprint density at radius 2 is 1.02 bits per heavy atom. The largest absolute Gasteiger partial charge is 0.292 e. The zero-order valence-electron chi connectivity index (χ0n) is 33.0. The molecule has 1 spiro atoms. The number of hydrogen-bond donors (Lipinski definition) is 0. The van der Waals surface area contributed by atoms with Crippen LogP contribution in [0.15, 0.2) is 222 Å². The molecule has 11 aromatic rings. The lowest BCUT2D eigenvalue weighted by Gasteiger charge is -2.40. The van der Waals surface area contributed by atoms with Crippen LogP contribution in [0.2, 0.25) is 0 Å². The van der Waals surface area contributed by atoms with Crippen molar-refractivity contribution in [1.29, 1.82) is 0 Å². The van der Waals surface area contributed by atoms with E-state index >= 15 is 0 Å². The lowest BCUT2D eigenvalue weighted by Crippen LogP contribution is -2.32. The van der Waals surface area contributed by atoms with Crippen molar-refractivity contribution < 1.29 is 0 Å². The van der Waals surface area contributed by atoms with Gasteiger partial charge in [0.25, 0.3) is 0 Å². The van der Waals surface area contributed by atoms with Crippen LogP contribution < -0.4 is 0 Å². The molecule has 0 bridgehead atoms. The maximum Gasteiger partial charge on any atom is 0.145 e. The van der Waals surface area contributed by atoms with Crippen molar-refractivity contribution in [2.75, 3.05) is 0 Å². The van der Waals surface area contributed by atoms with Crippen molar-refractivity contribution in [2.45, 2.75) is 15.2 Å². The van der Waals surface area contributed by atoms with Crippen molar-refractivity contribution in [1.82, 2.24) is 14.5 Å². The second kappa shape index (κ2) is 13.2. The molecule has 0 amide bonds. The lowest BCUT2D eigenvalue weighted by atomic mass is 9.67. The lowest BCUT2D eigenvalue weighted by molar-refractivity contribution is 0.726. The minimum Gasteiger partial charge on any atom is -0.292 e. The average molecular weight is 794 g/mol. The summed E-state index contributed by atoms with van der Waals surface area (Å²) in [5, 5.41) is 3.58. The van der Waals surface area contributed by atoms with E-state index in [9.17, 15) is 0 Å². The smallest absolute Gasteiger partial charge is 0.145 e. The number of hydrogen-bond acceptors (Lipinski definition) is 3. The highest BCUT2D eigenvalue weighted by atomic mass is 32.2. The Morgan fingerprint density at radius 3 is 1.79 bits per heavy atom. The van der Waals surface area contributed by atoms with Crippen LogP contribution in [0.3, 0.4) is 0 Å². The van der Waals surface area contributed by atoms with Crippen LogP contribution in [0.5, 0.6) is 0 Å². The molecule has 284 valence electrons. The zero-order valence-corrected chi connectivity index (χ0v) is 33.8. The van der Waals surface area contributed by atoms with Gasteiger partial charge >= 0.3 is 0 Å². The van der Waals surface area contributed by atoms with Crippen molar-refractivity contribution in [2.24, 2.45) is 0 Å². The van der Waals surface area contributed by atoms with E-state index in [1.165, 1.54) is 48.6 Å². The molecule has 9 aromatic carbocycles. The van der Waals surface area contributed by atoms with E-state index in [1.807, 2.05) is 11.8 Å². The van der Waals surface area contributed by atoms with Crippen LogP contribution in [0.1, 0.15) is 22.3 Å². The van der Waals surface area contributed by atoms with Gasteiger partial charge in [0.15, 0.2) is 0 Å². The predicted octanol–water partition coefficient (Wildman–Crippen LogP) is 14.6. The fourth-order valence-corrected chi connectivity index (χ4v) is 11.6. The summed E-state index contributed by atoms with van der Waals surface area (Å²) in [5.74, 6) is 0.923. The van der Waals surface area contributed by atoms with Crippen LogP contribution in [0.4, 0.5) is 0 Å². The monoisotopic (exact) mass is 793 g/mol. The van der Waals surface area contributed by atoms with Crippen molar-refractivity contribution >= 4 is 44.5 Å². The Hall–Kier alpha value is -7.53. The van der Waals surface area contributed by atoms with E-state index in [2.05, 4.69) is 217 Å². The minimum atomic E-state index is -0.455. The number of pyridine rings is 1. The highest BCUT2D eigenvalue weighted by Gasteiger charge is 2.50. The molecule has 4 heteroatoms. The summed E-state index contributed by atoms with van der Waals surface area (Å²) in [5.41, 5.74) is 17.1. The standard InChI is InChI=1S/C57H35N3S/c1-3-15-37(16-4-1)54-44-33-34-48-55(61-52-26-14-11-23-47(52)57(48)45-21-9-7-19-41(45)42-20-8-10-22-46(42)57)53(44)43-32-31-39(35-50(43)58-54)36-27-29-38(30-28-36)56-59-49-24-12-13-25-51(49)60(56)40-17-5-2-6-18-40/h1-35H. The fraction of sp³-hybridized carbons (Fsp3) is 0.0175. The molecule has 0 N–H and O–H groups in total. The molecule has 0 radical (unpaired) electrons. The van der Waals surface area contributed by atoms with Crippen LogP contribution in [-0.2, 0) is 5.41 Å². The highest BCUT2D eigenvalue weighted by Crippen LogP contribution is 2.63. The molecule has 61 heavy (non-hydrogen) atoms. The summed E-state index contributed by atoms with van der Waals surface area (Å²) >= 11 is 1.91. The molecular formula is C57H35N3S. The molecule has 3 heterocycles. The van der Waals surface area contributed by atoms with Gasteiger partial charge in [0.2, 0.25) is 0 Å². The third-order valence-electron chi connectivity index (χ3n) is 12.9. The van der Waals surface area contributed by atoms with E-state index < -0.39 is 5.41 Å². The summed E-state index contributed by atoms with van der Waals surface area (Å²) in [6, 6.07) is 77.1. The first-order valence-electron chi connectivity index (χ1n) is 20.8. The van der Waals surface area contributed by atoms with Gasteiger partial charge < -0.3 is 0 Å². The van der Waals surface area contributed by atoms with Gasteiger partial charge in [-0.05, 0) is 80.9 Å². The molecule has 1 aliphatic carbocycles. The number of imidazole rings is 1. The Labute approximate surface area is 357 Å². The minimum absolute atomic E-state index is 0.455. The van der Waals surface area contributed by atoms with Crippen LogP contribution in [0.25, 0.3) is 83.3 Å². The normalized spacial score (nSPS) is 13.3. The first-order valence-corrected chi connectivity index (χ1v) is 21.6. The number of benzene rings is 9. The maximum absolute atomic E-state index is 5.53. The van der Waals surface area contributed by atoms with Gasteiger partial charge in [-0.2, -0.15) is 0 Å². The highest BCUT2D eigenvalue weighted by molar-refractivity contribution is 7.99. The number of aromatic nitrogens is 3. The Bertz CT molecular complexity index is 3510. The number of nitrogens with zero attached hydrogens (tertiary/aromatic N) is 3.